The van der Waals surface area contributed by atoms with Crippen molar-refractivity contribution in [2.75, 3.05) is 25.9 Å². The first-order valence-corrected chi connectivity index (χ1v) is 8.24. The van der Waals surface area contributed by atoms with Gasteiger partial charge in [0.15, 0.2) is 0 Å². The Hall–Kier alpha value is -1.52. The number of nitrogen functional groups attached to an aromatic ring is 1. The Morgan fingerprint density at radius 1 is 1.24 bits per heavy atom. The third-order valence-corrected chi connectivity index (χ3v) is 4.56. The van der Waals surface area contributed by atoms with Gasteiger partial charge >= 0.3 is 0 Å². The lowest BCUT2D eigenvalue weighted by Crippen LogP contribution is -2.32. The fourth-order valence-corrected chi connectivity index (χ4v) is 3.03. The van der Waals surface area contributed by atoms with Gasteiger partial charge in [-0.2, -0.15) is 0 Å². The summed E-state index contributed by atoms with van der Waals surface area (Å²) in [6.45, 7) is 4.00. The van der Waals surface area contributed by atoms with Gasteiger partial charge in [-0.15, -0.1) is 11.3 Å². The van der Waals surface area contributed by atoms with Crippen molar-refractivity contribution in [3.8, 4) is 5.75 Å². The summed E-state index contributed by atoms with van der Waals surface area (Å²) < 4.78 is 5.72. The van der Waals surface area contributed by atoms with E-state index >= 15 is 0 Å². The van der Waals surface area contributed by atoms with Gasteiger partial charge in [0, 0.05) is 17.5 Å². The molecule has 2 N–H and O–H groups in total. The lowest BCUT2D eigenvalue weighted by atomic mass is 10.2. The lowest BCUT2D eigenvalue weighted by molar-refractivity contribution is 0.224. The van der Waals surface area contributed by atoms with E-state index in [1.807, 2.05) is 35.6 Å². The molecule has 0 amide bonds. The average molecular weight is 304 g/mol. The minimum atomic E-state index is 0.547. The van der Waals surface area contributed by atoms with Crippen molar-refractivity contribution in [2.45, 2.75) is 25.8 Å². The van der Waals surface area contributed by atoms with Crippen molar-refractivity contribution < 1.29 is 4.74 Å². The number of benzene rings is 1. The van der Waals surface area contributed by atoms with Crippen LogP contribution in [0.5, 0.6) is 5.75 Å². The standard InChI is InChI=1S/C17H24N2OS/c1-14(13-15-7-5-12-21-15)19(2)10-6-11-20-17-9-4-3-8-16(17)18/h3-5,7-9,12,14H,6,10-11,13,18H2,1-2H3. The van der Waals surface area contributed by atoms with E-state index in [4.69, 9.17) is 10.5 Å². The van der Waals surface area contributed by atoms with E-state index < -0.39 is 0 Å². The molecule has 1 heterocycles. The number of anilines is 1. The van der Waals surface area contributed by atoms with E-state index in [-0.39, 0.29) is 0 Å². The molecular weight excluding hydrogens is 280 g/mol. The molecule has 21 heavy (non-hydrogen) atoms. The minimum absolute atomic E-state index is 0.547. The van der Waals surface area contributed by atoms with E-state index in [0.29, 0.717) is 18.3 Å². The summed E-state index contributed by atoms with van der Waals surface area (Å²) >= 11 is 1.83. The predicted molar refractivity (Wildman–Crippen MR) is 91.1 cm³/mol. The van der Waals surface area contributed by atoms with Crippen molar-refractivity contribution in [1.29, 1.82) is 0 Å². The fourth-order valence-electron chi connectivity index (χ4n) is 2.20. The van der Waals surface area contributed by atoms with Crippen LogP contribution >= 0.6 is 11.3 Å². The molecule has 1 atom stereocenters. The number of para-hydroxylation sites is 2. The van der Waals surface area contributed by atoms with E-state index in [1.54, 1.807) is 0 Å². The highest BCUT2D eigenvalue weighted by atomic mass is 32.1. The number of nitrogens with two attached hydrogens (primary N) is 1. The largest absolute Gasteiger partial charge is 0.491 e. The maximum Gasteiger partial charge on any atom is 0.142 e. The maximum absolute atomic E-state index is 5.85. The number of hydrogen-bond acceptors (Lipinski definition) is 4. The highest BCUT2D eigenvalue weighted by molar-refractivity contribution is 7.09. The Labute approximate surface area is 131 Å². The first-order valence-electron chi connectivity index (χ1n) is 7.36. The molecule has 2 aromatic rings. The molecule has 1 aromatic heterocycles. The highest BCUT2D eigenvalue weighted by Gasteiger charge is 2.10. The molecule has 2 rings (SSSR count). The number of ether oxygens (including phenoxy) is 1. The van der Waals surface area contributed by atoms with Gasteiger partial charge in [-0.1, -0.05) is 18.2 Å². The molecule has 4 heteroatoms. The third kappa shape index (κ3) is 5.06. The number of nitrogens with zero attached hydrogens (tertiary/aromatic N) is 1. The SMILES string of the molecule is CC(Cc1cccs1)N(C)CCCOc1ccccc1N. The molecule has 0 radical (unpaired) electrons. The summed E-state index contributed by atoms with van der Waals surface area (Å²) in [6.07, 6.45) is 2.11. The van der Waals surface area contributed by atoms with Crippen LogP contribution in [0.25, 0.3) is 0 Å². The summed E-state index contributed by atoms with van der Waals surface area (Å²) in [5.41, 5.74) is 6.56. The molecule has 1 aromatic carbocycles. The van der Waals surface area contributed by atoms with E-state index in [2.05, 4.69) is 36.4 Å². The number of thiophene rings is 1. The van der Waals surface area contributed by atoms with Crippen molar-refractivity contribution in [3.05, 3.63) is 46.7 Å². The molecule has 114 valence electrons. The molecule has 0 fully saturated rings. The monoisotopic (exact) mass is 304 g/mol. The Balaban J connectivity index is 1.67. The van der Waals surface area contributed by atoms with Gasteiger partial charge in [0.1, 0.15) is 5.75 Å². The van der Waals surface area contributed by atoms with Crippen LogP contribution in [0.2, 0.25) is 0 Å². The molecule has 0 aliphatic rings. The van der Waals surface area contributed by atoms with Crippen LogP contribution in [0.15, 0.2) is 41.8 Å². The number of likely N-dealkylation sites (N-methyl/N-ethyl adjacent to an activating group) is 1. The number of rotatable bonds is 8. The minimum Gasteiger partial charge on any atom is -0.491 e. The highest BCUT2D eigenvalue weighted by Crippen LogP contribution is 2.19. The van der Waals surface area contributed by atoms with Crippen LogP contribution in [0, 0.1) is 0 Å². The summed E-state index contributed by atoms with van der Waals surface area (Å²) in [6, 6.07) is 12.5. The Morgan fingerprint density at radius 3 is 2.76 bits per heavy atom. The van der Waals surface area contributed by atoms with Crippen LogP contribution in [0.3, 0.4) is 0 Å². The molecule has 0 bridgehead atoms. The molecule has 0 saturated carbocycles. The Bertz CT molecular complexity index is 527. The maximum atomic E-state index is 5.85. The van der Waals surface area contributed by atoms with Crippen LogP contribution < -0.4 is 10.5 Å². The first-order chi connectivity index (χ1) is 10.2. The van der Waals surface area contributed by atoms with Gasteiger partial charge in [0.25, 0.3) is 0 Å². The summed E-state index contributed by atoms with van der Waals surface area (Å²) in [5.74, 6) is 0.784. The van der Waals surface area contributed by atoms with Crippen LogP contribution in [-0.2, 0) is 6.42 Å². The van der Waals surface area contributed by atoms with Gasteiger partial charge in [-0.3, -0.25) is 0 Å². The normalized spacial score (nSPS) is 12.5. The van der Waals surface area contributed by atoms with Crippen molar-refractivity contribution >= 4 is 17.0 Å². The Kier molecular flexibility index (Phi) is 6.08. The molecule has 3 nitrogen and oxygen atoms in total. The zero-order valence-corrected chi connectivity index (χ0v) is 13.6. The average Bonchev–Trinajstić information content (AvgIpc) is 2.98. The second-order valence-corrected chi connectivity index (χ2v) is 6.39. The van der Waals surface area contributed by atoms with Crippen molar-refractivity contribution in [1.82, 2.24) is 4.90 Å². The van der Waals surface area contributed by atoms with Crippen molar-refractivity contribution in [3.63, 3.8) is 0 Å². The van der Waals surface area contributed by atoms with Gasteiger partial charge < -0.3 is 15.4 Å². The molecule has 0 saturated heterocycles. The second kappa shape index (κ2) is 8.05. The fraction of sp³-hybridized carbons (Fsp3) is 0.412. The second-order valence-electron chi connectivity index (χ2n) is 5.35. The predicted octanol–water partition coefficient (Wildman–Crippen LogP) is 3.66. The zero-order chi connectivity index (χ0) is 15.1. The summed E-state index contributed by atoms with van der Waals surface area (Å²) in [4.78, 5) is 3.83. The van der Waals surface area contributed by atoms with E-state index in [9.17, 15) is 0 Å². The molecule has 0 aliphatic heterocycles. The topological polar surface area (TPSA) is 38.5 Å². The zero-order valence-electron chi connectivity index (χ0n) is 12.8. The molecular formula is C17H24N2OS. The van der Waals surface area contributed by atoms with Gasteiger partial charge in [-0.25, -0.2) is 0 Å². The molecule has 1 unspecified atom stereocenters. The van der Waals surface area contributed by atoms with E-state index in [0.717, 1.165) is 25.1 Å². The first kappa shape index (κ1) is 15.9. The number of hydrogen-bond donors (Lipinski definition) is 1. The Morgan fingerprint density at radius 2 is 2.05 bits per heavy atom. The van der Waals surface area contributed by atoms with Crippen LogP contribution in [0.1, 0.15) is 18.2 Å². The van der Waals surface area contributed by atoms with E-state index in [1.165, 1.54) is 4.88 Å². The molecule has 0 spiro atoms. The van der Waals surface area contributed by atoms with Crippen LogP contribution in [-0.4, -0.2) is 31.1 Å². The van der Waals surface area contributed by atoms with Gasteiger partial charge in [-0.05, 0) is 50.4 Å². The quantitative estimate of drug-likeness (QED) is 0.597. The van der Waals surface area contributed by atoms with Crippen LogP contribution in [0.4, 0.5) is 5.69 Å². The van der Waals surface area contributed by atoms with Crippen molar-refractivity contribution in [2.24, 2.45) is 0 Å². The molecule has 0 aliphatic carbocycles. The van der Waals surface area contributed by atoms with Gasteiger partial charge in [0.2, 0.25) is 0 Å². The lowest BCUT2D eigenvalue weighted by Gasteiger charge is -2.24. The summed E-state index contributed by atoms with van der Waals surface area (Å²) in [7, 11) is 2.18. The smallest absolute Gasteiger partial charge is 0.142 e. The van der Waals surface area contributed by atoms with Gasteiger partial charge in [0.05, 0.1) is 12.3 Å². The third-order valence-electron chi connectivity index (χ3n) is 3.66. The summed E-state index contributed by atoms with van der Waals surface area (Å²) in [5, 5.41) is 2.14.